The Balaban J connectivity index is 1.72. The van der Waals surface area contributed by atoms with Crippen LogP contribution in [0, 0.1) is 17.1 Å². The molecule has 2 aliphatic heterocycles. The molecule has 1 aromatic rings. The van der Waals surface area contributed by atoms with Crippen molar-refractivity contribution in [1.29, 1.82) is 5.26 Å². The van der Waals surface area contributed by atoms with Gasteiger partial charge < -0.3 is 16.0 Å². The average molecular weight is 424 g/mol. The maximum atomic E-state index is 13.5. The second-order valence-corrected chi connectivity index (χ2v) is 8.84. The standard InChI is InChI=1S/C17H21FN6O4S/c1-9-16(22-12(6-19)7-20-9)10(2)21-15(25)8-24-17(26)23-13-4-3-11(18)5-14(13)29(24,27)28/h3-5,9-10,12,16,20,22H,7-8H2,1-2H3,(H,21,25)(H,23,26)/t9?,10-,12?,16?/m0/s1. The molecule has 0 radical (unpaired) electrons. The number of amides is 3. The van der Waals surface area contributed by atoms with Crippen molar-refractivity contribution >= 4 is 27.6 Å². The van der Waals surface area contributed by atoms with Crippen LogP contribution in [0.2, 0.25) is 0 Å². The SMILES string of the molecule is CC1NCC(C#N)NC1[C@H](C)NC(=O)CN1C(=O)Nc2ccc(F)cc2S1(=O)=O. The molecule has 4 N–H and O–H groups in total. The van der Waals surface area contributed by atoms with Crippen molar-refractivity contribution < 1.29 is 22.4 Å². The number of piperazine rings is 1. The van der Waals surface area contributed by atoms with E-state index in [1.165, 1.54) is 0 Å². The molecule has 156 valence electrons. The molecule has 0 spiro atoms. The van der Waals surface area contributed by atoms with E-state index in [-0.39, 0.29) is 17.8 Å². The van der Waals surface area contributed by atoms with Gasteiger partial charge in [-0.05, 0) is 32.0 Å². The number of benzene rings is 1. The molecule has 3 rings (SSSR count). The molecule has 10 nitrogen and oxygen atoms in total. The third-order valence-corrected chi connectivity index (χ3v) is 6.70. The molecule has 12 heteroatoms. The van der Waals surface area contributed by atoms with Gasteiger partial charge in [-0.15, -0.1) is 0 Å². The second-order valence-electron chi connectivity index (χ2n) is 7.01. The van der Waals surface area contributed by atoms with Gasteiger partial charge in [0.05, 0.1) is 11.8 Å². The van der Waals surface area contributed by atoms with E-state index < -0.39 is 51.3 Å². The Bertz CT molecular complexity index is 979. The number of carbonyl (C=O) groups excluding carboxylic acids is 2. The van der Waals surface area contributed by atoms with Crippen LogP contribution in [0.3, 0.4) is 0 Å². The topological polar surface area (TPSA) is 143 Å². The third kappa shape index (κ3) is 4.16. The highest BCUT2D eigenvalue weighted by atomic mass is 32.2. The third-order valence-electron chi connectivity index (χ3n) is 4.93. The molecule has 1 fully saturated rings. The van der Waals surface area contributed by atoms with Crippen LogP contribution < -0.4 is 21.3 Å². The average Bonchev–Trinajstić information content (AvgIpc) is 2.66. The number of urea groups is 1. The summed E-state index contributed by atoms with van der Waals surface area (Å²) in [7, 11) is -4.38. The molecule has 4 atom stereocenters. The van der Waals surface area contributed by atoms with Gasteiger partial charge in [0.1, 0.15) is 23.3 Å². The molecular weight excluding hydrogens is 403 g/mol. The van der Waals surface area contributed by atoms with Crippen LogP contribution in [0.25, 0.3) is 0 Å². The lowest BCUT2D eigenvalue weighted by Gasteiger charge is -2.38. The number of nitrogens with one attached hydrogen (secondary N) is 4. The Morgan fingerprint density at radius 2 is 2.21 bits per heavy atom. The minimum atomic E-state index is -4.38. The normalized spacial score (nSPS) is 26.6. The summed E-state index contributed by atoms with van der Waals surface area (Å²) in [5, 5.41) is 20.3. The first-order valence-corrected chi connectivity index (χ1v) is 10.4. The van der Waals surface area contributed by atoms with Crippen molar-refractivity contribution in [2.45, 2.75) is 42.9 Å². The number of hydrogen-bond acceptors (Lipinski definition) is 7. The van der Waals surface area contributed by atoms with E-state index in [2.05, 4.69) is 27.3 Å². The first-order valence-electron chi connectivity index (χ1n) is 8.95. The van der Waals surface area contributed by atoms with Crippen LogP contribution in [0.5, 0.6) is 0 Å². The summed E-state index contributed by atoms with van der Waals surface area (Å²) in [6.45, 7) is 3.31. The molecule has 1 saturated heterocycles. The van der Waals surface area contributed by atoms with Crippen LogP contribution in [-0.4, -0.2) is 61.9 Å². The van der Waals surface area contributed by atoms with E-state index in [9.17, 15) is 22.4 Å². The molecule has 1 aromatic carbocycles. The van der Waals surface area contributed by atoms with Gasteiger partial charge in [0.2, 0.25) is 5.91 Å². The number of nitrogens with zero attached hydrogens (tertiary/aromatic N) is 2. The molecule has 29 heavy (non-hydrogen) atoms. The number of nitriles is 1. The van der Waals surface area contributed by atoms with Crippen molar-refractivity contribution in [3.8, 4) is 6.07 Å². The minimum Gasteiger partial charge on any atom is -0.350 e. The summed E-state index contributed by atoms with van der Waals surface area (Å²) in [6.07, 6.45) is 0. The van der Waals surface area contributed by atoms with Crippen molar-refractivity contribution in [3.05, 3.63) is 24.0 Å². The number of anilines is 1. The van der Waals surface area contributed by atoms with E-state index >= 15 is 0 Å². The second kappa shape index (κ2) is 7.94. The minimum absolute atomic E-state index is 0.0460. The van der Waals surface area contributed by atoms with Gasteiger partial charge in [0, 0.05) is 24.7 Å². The summed E-state index contributed by atoms with van der Waals surface area (Å²) in [5.41, 5.74) is -0.0460. The highest BCUT2D eigenvalue weighted by molar-refractivity contribution is 7.90. The van der Waals surface area contributed by atoms with Crippen LogP contribution in [0.1, 0.15) is 13.8 Å². The molecule has 3 unspecified atom stereocenters. The first kappa shape index (κ1) is 21.0. The van der Waals surface area contributed by atoms with Crippen LogP contribution in [0.15, 0.2) is 23.1 Å². The monoisotopic (exact) mass is 424 g/mol. The van der Waals surface area contributed by atoms with E-state index in [0.717, 1.165) is 18.2 Å². The van der Waals surface area contributed by atoms with Crippen molar-refractivity contribution in [3.63, 3.8) is 0 Å². The Hall–Kier alpha value is -2.75. The van der Waals surface area contributed by atoms with Crippen molar-refractivity contribution in [2.24, 2.45) is 0 Å². The zero-order valence-electron chi connectivity index (χ0n) is 15.8. The largest absolute Gasteiger partial charge is 0.350 e. The lowest BCUT2D eigenvalue weighted by atomic mass is 9.98. The fourth-order valence-corrected chi connectivity index (χ4v) is 4.87. The maximum Gasteiger partial charge on any atom is 0.336 e. The number of hydrogen-bond donors (Lipinski definition) is 4. The van der Waals surface area contributed by atoms with Crippen LogP contribution in [0.4, 0.5) is 14.9 Å². The summed E-state index contributed by atoms with van der Waals surface area (Å²) in [5.74, 6) is -1.48. The zero-order valence-corrected chi connectivity index (χ0v) is 16.6. The highest BCUT2D eigenvalue weighted by Crippen LogP contribution is 2.30. The Morgan fingerprint density at radius 1 is 1.48 bits per heavy atom. The number of halogens is 1. The van der Waals surface area contributed by atoms with E-state index in [0.29, 0.717) is 10.8 Å². The maximum absolute atomic E-state index is 13.5. The number of carbonyl (C=O) groups is 2. The molecule has 0 saturated carbocycles. The smallest absolute Gasteiger partial charge is 0.336 e. The van der Waals surface area contributed by atoms with Gasteiger partial charge in [-0.1, -0.05) is 0 Å². The number of rotatable bonds is 4. The molecule has 0 aromatic heterocycles. The summed E-state index contributed by atoms with van der Waals surface area (Å²) in [6, 6.07) is 2.86. The van der Waals surface area contributed by atoms with Gasteiger partial charge >= 0.3 is 6.03 Å². The summed E-state index contributed by atoms with van der Waals surface area (Å²) < 4.78 is 39.2. The van der Waals surface area contributed by atoms with Crippen LogP contribution in [-0.2, 0) is 14.8 Å². The number of fused-ring (bicyclic) bond motifs is 1. The predicted octanol–water partition coefficient (Wildman–Crippen LogP) is -0.291. The van der Waals surface area contributed by atoms with Gasteiger partial charge in [-0.3, -0.25) is 10.1 Å². The molecule has 3 amide bonds. The Morgan fingerprint density at radius 3 is 2.90 bits per heavy atom. The molecular formula is C17H21FN6O4S. The number of sulfonamides is 1. The molecule has 0 aliphatic carbocycles. The van der Waals surface area contributed by atoms with Crippen molar-refractivity contribution in [2.75, 3.05) is 18.4 Å². The zero-order chi connectivity index (χ0) is 21.3. The van der Waals surface area contributed by atoms with Gasteiger partial charge in [0.15, 0.2) is 0 Å². The van der Waals surface area contributed by atoms with Gasteiger partial charge in [-0.2, -0.15) is 5.26 Å². The summed E-state index contributed by atoms with van der Waals surface area (Å²) in [4.78, 5) is 24.3. The van der Waals surface area contributed by atoms with Crippen LogP contribution >= 0.6 is 0 Å². The lowest BCUT2D eigenvalue weighted by Crippen LogP contribution is -2.66. The van der Waals surface area contributed by atoms with Gasteiger partial charge in [-0.25, -0.2) is 21.9 Å². The molecule has 2 aliphatic rings. The molecule has 0 bridgehead atoms. The highest BCUT2D eigenvalue weighted by Gasteiger charge is 2.39. The Kier molecular flexibility index (Phi) is 5.74. The first-order chi connectivity index (χ1) is 13.6. The fraction of sp³-hybridized carbons (Fsp3) is 0.471. The van der Waals surface area contributed by atoms with Crippen molar-refractivity contribution in [1.82, 2.24) is 20.3 Å². The molecule has 2 heterocycles. The fourth-order valence-electron chi connectivity index (χ4n) is 3.42. The van der Waals surface area contributed by atoms with E-state index in [1.807, 2.05) is 6.92 Å². The Labute approximate surface area is 167 Å². The quantitative estimate of drug-likeness (QED) is 0.520. The lowest BCUT2D eigenvalue weighted by molar-refractivity contribution is -0.121. The van der Waals surface area contributed by atoms with Gasteiger partial charge in [0.25, 0.3) is 10.0 Å². The van der Waals surface area contributed by atoms with E-state index in [4.69, 9.17) is 5.26 Å². The van der Waals surface area contributed by atoms with E-state index in [1.54, 1.807) is 6.92 Å². The predicted molar refractivity (Wildman–Crippen MR) is 101 cm³/mol. The summed E-state index contributed by atoms with van der Waals surface area (Å²) >= 11 is 0.